The van der Waals surface area contributed by atoms with Crippen LogP contribution in [-0.4, -0.2) is 35.1 Å². The molecular weight excluding hydrogens is 272 g/mol. The summed E-state index contributed by atoms with van der Waals surface area (Å²) in [7, 11) is 0. The Balaban J connectivity index is 0. The van der Waals surface area contributed by atoms with Crippen LogP contribution in [0.2, 0.25) is 0 Å². The van der Waals surface area contributed by atoms with Crippen LogP contribution in [-0.2, 0) is 0 Å². The van der Waals surface area contributed by atoms with E-state index >= 15 is 0 Å². The number of rotatable bonds is 5. The Morgan fingerprint density at radius 3 is 1.45 bits per heavy atom. The van der Waals surface area contributed by atoms with Gasteiger partial charge in [-0.3, -0.25) is 0 Å². The third-order valence-corrected chi connectivity index (χ3v) is 3.05. The van der Waals surface area contributed by atoms with Crippen molar-refractivity contribution in [3.05, 3.63) is 0 Å². The van der Waals surface area contributed by atoms with Crippen molar-refractivity contribution < 1.29 is 16.9 Å². The van der Waals surface area contributed by atoms with Crippen molar-refractivity contribution in [3.8, 4) is 0 Å². The summed E-state index contributed by atoms with van der Waals surface area (Å²) in [5.41, 5.74) is 0. The first-order valence-corrected chi connectivity index (χ1v) is 5.68. The molecule has 0 aromatic rings. The predicted molar refractivity (Wildman–Crippen MR) is 55.6 cm³/mol. The van der Waals surface area contributed by atoms with Gasteiger partial charge in [-0.15, -0.1) is 0 Å². The summed E-state index contributed by atoms with van der Waals surface area (Å²) < 4.78 is 2.58. The molecule has 0 aliphatic carbocycles. The van der Waals surface area contributed by atoms with E-state index in [2.05, 4.69) is 43.4 Å². The molecular formula is C8H19ClIN. The maximum atomic E-state index is 2.47. The fourth-order valence-corrected chi connectivity index (χ4v) is 2.35. The van der Waals surface area contributed by atoms with E-state index in [0.717, 1.165) is 0 Å². The summed E-state index contributed by atoms with van der Waals surface area (Å²) in [6.45, 7) is 12.1. The first-order valence-electron chi connectivity index (χ1n) is 4.15. The monoisotopic (exact) mass is 291 g/mol. The average molecular weight is 292 g/mol. The average Bonchev–Trinajstić information content (AvgIpc) is 2.01. The molecule has 0 saturated heterocycles. The van der Waals surface area contributed by atoms with Gasteiger partial charge in [-0.1, -0.05) is 22.6 Å². The third kappa shape index (κ3) is 4.53. The van der Waals surface area contributed by atoms with Gasteiger partial charge in [0, 0.05) is 4.43 Å². The maximum Gasteiger partial charge on any atom is 0.0877 e. The molecule has 0 N–H and O–H groups in total. The van der Waals surface area contributed by atoms with Crippen molar-refractivity contribution in [3.63, 3.8) is 0 Å². The van der Waals surface area contributed by atoms with Crippen LogP contribution >= 0.6 is 22.6 Å². The smallest absolute Gasteiger partial charge is 0.0877 e. The number of halogens is 2. The zero-order valence-electron chi connectivity index (χ0n) is 7.74. The van der Waals surface area contributed by atoms with Gasteiger partial charge >= 0.3 is 0 Å². The largest absolute Gasteiger partial charge is 1.00 e. The molecule has 0 rings (SSSR count). The molecule has 0 atom stereocenters. The molecule has 1 nitrogen and oxygen atoms in total. The number of hydrogen-bond acceptors (Lipinski definition) is 0. The molecule has 0 heterocycles. The van der Waals surface area contributed by atoms with Gasteiger partial charge in [-0.25, -0.2) is 0 Å². The highest BCUT2D eigenvalue weighted by atomic mass is 127. The second-order valence-electron chi connectivity index (χ2n) is 2.70. The number of hydrogen-bond donors (Lipinski definition) is 0. The summed E-state index contributed by atoms with van der Waals surface area (Å²) in [4.78, 5) is 0. The molecule has 0 amide bonds. The molecule has 0 bridgehead atoms. The Kier molecular flexibility index (Phi) is 10.0. The molecule has 11 heavy (non-hydrogen) atoms. The second-order valence-corrected chi connectivity index (χ2v) is 3.78. The predicted octanol–water partition coefficient (Wildman–Crippen LogP) is -0.698. The van der Waals surface area contributed by atoms with Gasteiger partial charge in [-0.05, 0) is 20.8 Å². The Bertz CT molecular complexity index is 75.9. The van der Waals surface area contributed by atoms with Gasteiger partial charge in [0.1, 0.15) is 0 Å². The van der Waals surface area contributed by atoms with Crippen LogP contribution in [0.15, 0.2) is 0 Å². The number of nitrogens with zero attached hydrogens (tertiary/aromatic N) is 1. The van der Waals surface area contributed by atoms with E-state index in [4.69, 9.17) is 0 Å². The topological polar surface area (TPSA) is 0 Å². The Labute approximate surface area is 90.7 Å². The van der Waals surface area contributed by atoms with Gasteiger partial charge in [-0.2, -0.15) is 0 Å². The maximum absolute atomic E-state index is 2.47. The minimum Gasteiger partial charge on any atom is -1.00 e. The lowest BCUT2D eigenvalue weighted by molar-refractivity contribution is -0.920. The molecule has 0 unspecified atom stereocenters. The van der Waals surface area contributed by atoms with Gasteiger partial charge in [0.25, 0.3) is 0 Å². The third-order valence-electron chi connectivity index (χ3n) is 2.57. The van der Waals surface area contributed by atoms with Crippen molar-refractivity contribution in [1.82, 2.24) is 0 Å². The molecule has 0 aliphatic heterocycles. The molecule has 0 aliphatic rings. The van der Waals surface area contributed by atoms with E-state index in [-0.39, 0.29) is 12.4 Å². The highest BCUT2D eigenvalue weighted by Crippen LogP contribution is 2.05. The zero-order chi connectivity index (χ0) is 8.04. The van der Waals surface area contributed by atoms with Crippen LogP contribution in [0.1, 0.15) is 20.8 Å². The van der Waals surface area contributed by atoms with Crippen LogP contribution in [0.5, 0.6) is 0 Å². The van der Waals surface area contributed by atoms with Crippen molar-refractivity contribution in [2.24, 2.45) is 0 Å². The van der Waals surface area contributed by atoms with Crippen molar-refractivity contribution in [2.75, 3.05) is 30.6 Å². The van der Waals surface area contributed by atoms with E-state index in [1.807, 2.05) is 0 Å². The Morgan fingerprint density at radius 1 is 1.00 bits per heavy atom. The van der Waals surface area contributed by atoms with Gasteiger partial charge in [0.15, 0.2) is 0 Å². The van der Waals surface area contributed by atoms with E-state index in [1.54, 1.807) is 0 Å². The van der Waals surface area contributed by atoms with Crippen LogP contribution < -0.4 is 12.4 Å². The minimum atomic E-state index is 0. The lowest BCUT2D eigenvalue weighted by Gasteiger charge is -2.35. The van der Waals surface area contributed by atoms with Crippen molar-refractivity contribution >= 4 is 22.6 Å². The fraction of sp³-hybridized carbons (Fsp3) is 1.00. The first-order chi connectivity index (χ1) is 4.74. The van der Waals surface area contributed by atoms with Gasteiger partial charge in [0.2, 0.25) is 0 Å². The second kappa shape index (κ2) is 7.62. The summed E-state index contributed by atoms with van der Waals surface area (Å²) in [6, 6.07) is 0. The molecule has 0 radical (unpaired) electrons. The number of quaternary nitrogens is 1. The standard InChI is InChI=1S/C8H19IN.ClH/c1-4-10(5-2,6-3)8-7-9;/h4-8H2,1-3H3;1H/q+1;/p-1. The summed E-state index contributed by atoms with van der Waals surface area (Å²) in [5, 5.41) is 0. The number of alkyl halides is 1. The van der Waals surface area contributed by atoms with Crippen molar-refractivity contribution in [1.29, 1.82) is 0 Å². The minimum absolute atomic E-state index is 0. The van der Waals surface area contributed by atoms with E-state index in [1.165, 1.54) is 35.1 Å². The van der Waals surface area contributed by atoms with E-state index < -0.39 is 0 Å². The molecule has 0 aromatic heterocycles. The van der Waals surface area contributed by atoms with Crippen LogP contribution in [0.3, 0.4) is 0 Å². The molecule has 0 aromatic carbocycles. The zero-order valence-corrected chi connectivity index (χ0v) is 10.7. The highest BCUT2D eigenvalue weighted by molar-refractivity contribution is 14.1. The first kappa shape index (κ1) is 14.5. The van der Waals surface area contributed by atoms with Crippen LogP contribution in [0, 0.1) is 0 Å². The van der Waals surface area contributed by atoms with Gasteiger partial charge < -0.3 is 16.9 Å². The molecule has 70 valence electrons. The summed E-state index contributed by atoms with van der Waals surface area (Å²) in [5.74, 6) is 0. The fourth-order valence-electron chi connectivity index (χ4n) is 1.32. The quantitative estimate of drug-likeness (QED) is 0.357. The van der Waals surface area contributed by atoms with Gasteiger partial charge in [0.05, 0.1) is 26.2 Å². The molecule has 0 spiro atoms. The highest BCUT2D eigenvalue weighted by Gasteiger charge is 2.18. The molecule has 0 saturated carbocycles. The Morgan fingerprint density at radius 2 is 1.36 bits per heavy atom. The van der Waals surface area contributed by atoms with E-state index in [0.29, 0.717) is 0 Å². The summed E-state index contributed by atoms with van der Waals surface area (Å²) >= 11 is 2.47. The van der Waals surface area contributed by atoms with E-state index in [9.17, 15) is 0 Å². The normalized spacial score (nSPS) is 10.9. The lowest BCUT2D eigenvalue weighted by Crippen LogP contribution is -3.00. The Hall–Kier alpha value is 0.980. The molecule has 3 heteroatoms. The van der Waals surface area contributed by atoms with Crippen LogP contribution in [0.25, 0.3) is 0 Å². The molecule has 0 fully saturated rings. The van der Waals surface area contributed by atoms with Crippen molar-refractivity contribution in [2.45, 2.75) is 20.8 Å². The lowest BCUT2D eigenvalue weighted by atomic mass is 10.3. The van der Waals surface area contributed by atoms with Crippen LogP contribution in [0.4, 0.5) is 0 Å². The summed E-state index contributed by atoms with van der Waals surface area (Å²) in [6.07, 6.45) is 0. The SMILES string of the molecule is CC[N+](CC)(CC)CCI.[Cl-].